The lowest BCUT2D eigenvalue weighted by atomic mass is 10.1. The van der Waals surface area contributed by atoms with Crippen LogP contribution >= 0.6 is 0 Å². The van der Waals surface area contributed by atoms with E-state index in [0.717, 1.165) is 50.4 Å². The van der Waals surface area contributed by atoms with Crippen molar-refractivity contribution in [1.82, 2.24) is 4.90 Å². The van der Waals surface area contributed by atoms with Crippen LogP contribution in [0.3, 0.4) is 0 Å². The van der Waals surface area contributed by atoms with Gasteiger partial charge in [0.15, 0.2) is 0 Å². The van der Waals surface area contributed by atoms with E-state index in [1.807, 2.05) is 41.3 Å². The summed E-state index contributed by atoms with van der Waals surface area (Å²) in [7, 11) is 1.55. The predicted octanol–water partition coefficient (Wildman–Crippen LogP) is 3.79. The van der Waals surface area contributed by atoms with Gasteiger partial charge in [-0.05, 0) is 42.8 Å². The first-order valence-electron chi connectivity index (χ1n) is 10.2. The molecule has 2 aromatic rings. The molecule has 29 heavy (non-hydrogen) atoms. The number of hydrogen-bond acceptors (Lipinski definition) is 4. The Hall–Kier alpha value is -3.02. The van der Waals surface area contributed by atoms with Crippen LogP contribution in [0.25, 0.3) is 0 Å². The summed E-state index contributed by atoms with van der Waals surface area (Å²) in [6.45, 7) is 5.27. The number of anilines is 2. The Morgan fingerprint density at radius 1 is 1.00 bits per heavy atom. The van der Waals surface area contributed by atoms with Gasteiger partial charge >= 0.3 is 0 Å². The highest BCUT2D eigenvalue weighted by Crippen LogP contribution is 2.22. The minimum absolute atomic E-state index is 0.200. The van der Waals surface area contributed by atoms with E-state index in [-0.39, 0.29) is 11.8 Å². The SMILES string of the molecule is CCCCC(=O)N1CCN(c2ccc(NC(=O)c3ccccc3OC)cc2)CC1. The highest BCUT2D eigenvalue weighted by molar-refractivity contribution is 6.06. The molecule has 1 heterocycles. The van der Waals surface area contributed by atoms with Crippen LogP contribution in [0, 0.1) is 0 Å². The van der Waals surface area contributed by atoms with Gasteiger partial charge in [-0.3, -0.25) is 9.59 Å². The summed E-state index contributed by atoms with van der Waals surface area (Å²) in [6, 6.07) is 15.0. The first-order valence-corrected chi connectivity index (χ1v) is 10.2. The molecule has 0 atom stereocenters. The van der Waals surface area contributed by atoms with Gasteiger partial charge in [0.2, 0.25) is 5.91 Å². The second-order valence-electron chi connectivity index (χ2n) is 7.17. The van der Waals surface area contributed by atoms with E-state index in [1.165, 1.54) is 0 Å². The molecule has 154 valence electrons. The molecule has 0 bridgehead atoms. The van der Waals surface area contributed by atoms with E-state index in [1.54, 1.807) is 19.2 Å². The smallest absolute Gasteiger partial charge is 0.259 e. The molecule has 6 nitrogen and oxygen atoms in total. The number of rotatable bonds is 7. The molecular formula is C23H29N3O3. The Morgan fingerprint density at radius 3 is 2.34 bits per heavy atom. The molecule has 1 fully saturated rings. The molecule has 1 N–H and O–H groups in total. The fraction of sp³-hybridized carbons (Fsp3) is 0.391. The van der Waals surface area contributed by atoms with Gasteiger partial charge < -0.3 is 19.9 Å². The van der Waals surface area contributed by atoms with Crippen LogP contribution in [-0.2, 0) is 4.79 Å². The molecule has 0 radical (unpaired) electrons. The fourth-order valence-corrected chi connectivity index (χ4v) is 3.49. The fourth-order valence-electron chi connectivity index (χ4n) is 3.49. The standard InChI is InChI=1S/C23H29N3O3/c1-3-4-9-22(27)26-16-14-25(15-17-26)19-12-10-18(11-13-19)24-23(28)20-7-5-6-8-21(20)29-2/h5-8,10-13H,3-4,9,14-17H2,1-2H3,(H,24,28). The molecule has 2 aromatic carbocycles. The summed E-state index contributed by atoms with van der Waals surface area (Å²) >= 11 is 0. The van der Waals surface area contributed by atoms with Crippen molar-refractivity contribution < 1.29 is 14.3 Å². The Kier molecular flexibility index (Phi) is 7.11. The Labute approximate surface area is 172 Å². The largest absolute Gasteiger partial charge is 0.496 e. The quantitative estimate of drug-likeness (QED) is 0.775. The van der Waals surface area contributed by atoms with Gasteiger partial charge in [0.1, 0.15) is 5.75 Å². The molecule has 1 aliphatic rings. The van der Waals surface area contributed by atoms with Gasteiger partial charge in [0.25, 0.3) is 5.91 Å². The van der Waals surface area contributed by atoms with Gasteiger partial charge in [-0.1, -0.05) is 25.5 Å². The molecule has 1 aliphatic heterocycles. The molecule has 2 amide bonds. The average molecular weight is 396 g/mol. The normalized spacial score (nSPS) is 13.9. The molecule has 6 heteroatoms. The van der Waals surface area contributed by atoms with Crippen LogP contribution in [0.2, 0.25) is 0 Å². The van der Waals surface area contributed by atoms with Crippen molar-refractivity contribution in [2.75, 3.05) is 43.5 Å². The van der Waals surface area contributed by atoms with Crippen molar-refractivity contribution in [1.29, 1.82) is 0 Å². The lowest BCUT2D eigenvalue weighted by Crippen LogP contribution is -2.48. The maximum Gasteiger partial charge on any atom is 0.259 e. The van der Waals surface area contributed by atoms with Crippen molar-refractivity contribution in [3.8, 4) is 5.75 Å². The summed E-state index contributed by atoms with van der Waals surface area (Å²) in [5.41, 5.74) is 2.34. The minimum atomic E-state index is -0.200. The number of unbranched alkanes of at least 4 members (excludes halogenated alkanes) is 1. The summed E-state index contributed by atoms with van der Waals surface area (Å²) < 4.78 is 5.25. The molecule has 0 spiro atoms. The maximum atomic E-state index is 12.5. The number of ether oxygens (including phenoxy) is 1. The van der Waals surface area contributed by atoms with Gasteiger partial charge in [-0.2, -0.15) is 0 Å². The maximum absolute atomic E-state index is 12.5. The molecular weight excluding hydrogens is 366 g/mol. The van der Waals surface area contributed by atoms with E-state index in [2.05, 4.69) is 17.1 Å². The third-order valence-electron chi connectivity index (χ3n) is 5.22. The lowest BCUT2D eigenvalue weighted by Gasteiger charge is -2.36. The van der Waals surface area contributed by atoms with Crippen LogP contribution in [0.5, 0.6) is 5.75 Å². The summed E-state index contributed by atoms with van der Waals surface area (Å²) in [5, 5.41) is 2.91. The Balaban J connectivity index is 1.55. The number of carbonyl (C=O) groups excluding carboxylic acids is 2. The van der Waals surface area contributed by atoms with E-state index >= 15 is 0 Å². The zero-order valence-corrected chi connectivity index (χ0v) is 17.2. The topological polar surface area (TPSA) is 61.9 Å². The lowest BCUT2D eigenvalue weighted by molar-refractivity contribution is -0.131. The molecule has 1 saturated heterocycles. The second-order valence-corrected chi connectivity index (χ2v) is 7.17. The number of para-hydroxylation sites is 1. The zero-order chi connectivity index (χ0) is 20.6. The summed E-state index contributed by atoms with van der Waals surface area (Å²) in [4.78, 5) is 28.9. The van der Waals surface area contributed by atoms with Crippen LogP contribution < -0.4 is 15.0 Å². The number of piperazine rings is 1. The third-order valence-corrected chi connectivity index (χ3v) is 5.22. The molecule has 0 saturated carbocycles. The first kappa shape index (κ1) is 20.7. The van der Waals surface area contributed by atoms with Crippen molar-refractivity contribution >= 4 is 23.2 Å². The van der Waals surface area contributed by atoms with Crippen molar-refractivity contribution in [3.63, 3.8) is 0 Å². The molecule has 0 aromatic heterocycles. The number of carbonyl (C=O) groups is 2. The highest BCUT2D eigenvalue weighted by Gasteiger charge is 2.21. The molecule has 0 aliphatic carbocycles. The van der Waals surface area contributed by atoms with Gasteiger partial charge in [0.05, 0.1) is 12.7 Å². The predicted molar refractivity (Wildman–Crippen MR) is 116 cm³/mol. The summed E-state index contributed by atoms with van der Waals surface area (Å²) in [6.07, 6.45) is 2.66. The Bertz CT molecular complexity index is 828. The van der Waals surface area contributed by atoms with E-state index < -0.39 is 0 Å². The van der Waals surface area contributed by atoms with Gasteiger partial charge in [0, 0.05) is 44.0 Å². The average Bonchev–Trinajstić information content (AvgIpc) is 2.78. The van der Waals surface area contributed by atoms with Crippen LogP contribution in [0.4, 0.5) is 11.4 Å². The van der Waals surface area contributed by atoms with E-state index in [0.29, 0.717) is 17.7 Å². The Morgan fingerprint density at radius 2 is 1.69 bits per heavy atom. The second kappa shape index (κ2) is 9.96. The number of nitrogens with one attached hydrogen (secondary N) is 1. The van der Waals surface area contributed by atoms with Crippen molar-refractivity contribution in [2.45, 2.75) is 26.2 Å². The van der Waals surface area contributed by atoms with Gasteiger partial charge in [-0.15, -0.1) is 0 Å². The number of benzene rings is 2. The number of methoxy groups -OCH3 is 1. The van der Waals surface area contributed by atoms with Crippen LogP contribution in [0.15, 0.2) is 48.5 Å². The summed E-state index contributed by atoms with van der Waals surface area (Å²) in [5.74, 6) is 0.614. The van der Waals surface area contributed by atoms with Crippen LogP contribution in [0.1, 0.15) is 36.5 Å². The third kappa shape index (κ3) is 5.28. The molecule has 3 rings (SSSR count). The highest BCUT2D eigenvalue weighted by atomic mass is 16.5. The monoisotopic (exact) mass is 395 g/mol. The zero-order valence-electron chi connectivity index (χ0n) is 17.2. The minimum Gasteiger partial charge on any atom is -0.496 e. The van der Waals surface area contributed by atoms with Gasteiger partial charge in [-0.25, -0.2) is 0 Å². The molecule has 0 unspecified atom stereocenters. The number of amides is 2. The van der Waals surface area contributed by atoms with E-state index in [9.17, 15) is 9.59 Å². The first-order chi connectivity index (χ1) is 14.1. The number of hydrogen-bond donors (Lipinski definition) is 1. The van der Waals surface area contributed by atoms with Crippen molar-refractivity contribution in [2.24, 2.45) is 0 Å². The van der Waals surface area contributed by atoms with Crippen molar-refractivity contribution in [3.05, 3.63) is 54.1 Å². The number of nitrogens with zero attached hydrogens (tertiary/aromatic N) is 2. The van der Waals surface area contributed by atoms with E-state index in [4.69, 9.17) is 4.74 Å². The van der Waals surface area contributed by atoms with Crippen LogP contribution in [-0.4, -0.2) is 50.0 Å².